The Morgan fingerprint density at radius 2 is 2.33 bits per heavy atom. The predicted molar refractivity (Wildman–Crippen MR) is 42.7 cm³/mol. The highest BCUT2D eigenvalue weighted by atomic mass is 32.3. The Bertz CT molecular complexity index is 196. The van der Waals surface area contributed by atoms with Crippen molar-refractivity contribution in [1.29, 1.82) is 0 Å². The molecule has 3 N–H and O–H groups in total. The van der Waals surface area contributed by atoms with Gasteiger partial charge in [-0.05, 0) is 6.42 Å². The number of carboxylic acid groups (broad SMARTS) is 1. The summed E-state index contributed by atoms with van der Waals surface area (Å²) in [7, 11) is 0. The van der Waals surface area contributed by atoms with Gasteiger partial charge in [-0.2, -0.15) is 0 Å². The van der Waals surface area contributed by atoms with Crippen molar-refractivity contribution >= 4 is 17.1 Å². The largest absolute Gasteiger partial charge is 0.464 e. The Hall–Kier alpha value is -0.500. The van der Waals surface area contributed by atoms with Crippen LogP contribution in [0.25, 0.3) is 0 Å². The van der Waals surface area contributed by atoms with Crippen LogP contribution in [0, 0.1) is 0 Å². The lowest BCUT2D eigenvalue weighted by Crippen LogP contribution is -2.35. The molecule has 6 nitrogen and oxygen atoms in total. The van der Waals surface area contributed by atoms with Gasteiger partial charge in [-0.15, -0.1) is 0 Å². The smallest absolute Gasteiger partial charge is 0.421 e. The molecular weight excluding hydrogens is 186 g/mol. The lowest BCUT2D eigenvalue weighted by atomic mass is 10.2. The summed E-state index contributed by atoms with van der Waals surface area (Å²) in [6.07, 6.45) is -0.860. The first-order valence-corrected chi connectivity index (χ1v) is 4.86. The third-order valence-electron chi connectivity index (χ3n) is 1.67. The van der Waals surface area contributed by atoms with Crippen LogP contribution in [0.5, 0.6) is 0 Å². The van der Waals surface area contributed by atoms with Crippen LogP contribution in [-0.4, -0.2) is 37.3 Å². The van der Waals surface area contributed by atoms with Crippen molar-refractivity contribution in [1.82, 2.24) is 4.31 Å². The van der Waals surface area contributed by atoms with Crippen LogP contribution >= 0.6 is 11.1 Å². The summed E-state index contributed by atoms with van der Waals surface area (Å²) in [6.45, 7) is 1.80. The maximum Gasteiger partial charge on any atom is 0.421 e. The molecule has 1 amide bonds. The second-order valence-corrected chi connectivity index (χ2v) is 3.99. The molecule has 0 aromatic heterocycles. The average molecular weight is 197 g/mol. The highest BCUT2D eigenvalue weighted by molar-refractivity contribution is 8.18. The molecule has 0 aromatic rings. The van der Waals surface area contributed by atoms with E-state index in [0.29, 0.717) is 10.7 Å². The lowest BCUT2D eigenvalue weighted by molar-refractivity contribution is 0.161. The normalized spacial score (nSPS) is 30.2. The maximum atomic E-state index is 10.5. The molecule has 1 aliphatic heterocycles. The van der Waals surface area contributed by atoms with Gasteiger partial charge in [0.05, 0.1) is 12.6 Å². The summed E-state index contributed by atoms with van der Waals surface area (Å²) in [5, 5.41) is 8.60. The van der Waals surface area contributed by atoms with E-state index in [4.69, 9.17) is 14.2 Å². The molecule has 1 saturated heterocycles. The Morgan fingerprint density at radius 3 is 2.67 bits per heavy atom. The van der Waals surface area contributed by atoms with E-state index < -0.39 is 23.2 Å². The van der Waals surface area contributed by atoms with Crippen molar-refractivity contribution in [2.75, 3.05) is 6.61 Å². The van der Waals surface area contributed by atoms with Gasteiger partial charge in [0.1, 0.15) is 0 Å². The number of hydrogen-bond donors (Lipinski definition) is 3. The summed E-state index contributed by atoms with van der Waals surface area (Å²) >= 11 is -3.51. The Balaban J connectivity index is 2.80. The third kappa shape index (κ3) is 1.48. The van der Waals surface area contributed by atoms with Gasteiger partial charge in [-0.25, -0.2) is 9.10 Å². The predicted octanol–water partition coefficient (Wildman–Crippen LogP) is 1.36. The molecule has 0 bridgehead atoms. The molecule has 1 aliphatic rings. The lowest BCUT2D eigenvalue weighted by Gasteiger charge is -2.29. The van der Waals surface area contributed by atoms with E-state index in [2.05, 4.69) is 4.18 Å². The molecule has 72 valence electrons. The highest BCUT2D eigenvalue weighted by Gasteiger charge is 2.44. The van der Waals surface area contributed by atoms with Crippen molar-refractivity contribution in [3.8, 4) is 0 Å². The van der Waals surface area contributed by atoms with Crippen molar-refractivity contribution in [2.45, 2.75) is 19.4 Å². The minimum absolute atomic E-state index is 0.0468. The van der Waals surface area contributed by atoms with Gasteiger partial charge in [-0.3, -0.25) is 13.3 Å². The first-order chi connectivity index (χ1) is 5.49. The monoisotopic (exact) mass is 197 g/mol. The number of rotatable bonds is 1. The molecule has 0 aliphatic carbocycles. The second kappa shape index (κ2) is 3.09. The molecule has 0 radical (unpaired) electrons. The van der Waals surface area contributed by atoms with Gasteiger partial charge in [-0.1, -0.05) is 6.92 Å². The number of carbonyl (C=O) groups is 1. The van der Waals surface area contributed by atoms with Crippen LogP contribution in [0.2, 0.25) is 0 Å². The Labute approximate surface area is 71.4 Å². The van der Waals surface area contributed by atoms with Crippen LogP contribution in [0.15, 0.2) is 0 Å². The van der Waals surface area contributed by atoms with Crippen LogP contribution in [0.1, 0.15) is 13.3 Å². The molecule has 1 unspecified atom stereocenters. The first kappa shape index (κ1) is 9.59. The fourth-order valence-electron chi connectivity index (χ4n) is 1.03. The van der Waals surface area contributed by atoms with Crippen molar-refractivity contribution in [2.24, 2.45) is 0 Å². The van der Waals surface area contributed by atoms with E-state index in [-0.39, 0.29) is 6.61 Å². The van der Waals surface area contributed by atoms with Crippen LogP contribution < -0.4 is 0 Å². The van der Waals surface area contributed by atoms with Gasteiger partial charge >= 0.3 is 6.09 Å². The summed E-state index contributed by atoms with van der Waals surface area (Å²) in [4.78, 5) is 10.5. The minimum Gasteiger partial charge on any atom is -0.464 e. The van der Waals surface area contributed by atoms with Crippen molar-refractivity contribution < 1.29 is 23.2 Å². The van der Waals surface area contributed by atoms with Crippen LogP contribution in [0.4, 0.5) is 4.79 Å². The van der Waals surface area contributed by atoms with Crippen molar-refractivity contribution in [3.05, 3.63) is 0 Å². The van der Waals surface area contributed by atoms with E-state index >= 15 is 0 Å². The molecule has 12 heavy (non-hydrogen) atoms. The van der Waals surface area contributed by atoms with Crippen LogP contribution in [0.3, 0.4) is 0 Å². The van der Waals surface area contributed by atoms with Gasteiger partial charge < -0.3 is 5.11 Å². The molecule has 0 saturated carbocycles. The molecule has 1 heterocycles. The fourth-order valence-corrected chi connectivity index (χ4v) is 2.29. The topological polar surface area (TPSA) is 90.2 Å². The molecule has 1 atom stereocenters. The van der Waals surface area contributed by atoms with E-state index in [0.717, 1.165) is 0 Å². The number of nitrogens with zero attached hydrogens (tertiary/aromatic N) is 1. The van der Waals surface area contributed by atoms with Crippen LogP contribution in [-0.2, 0) is 4.18 Å². The zero-order chi connectivity index (χ0) is 9.35. The number of amides is 1. The SMILES string of the molecule is CCC1COS(O)(O)N1C(=O)O. The van der Waals surface area contributed by atoms with Gasteiger partial charge in [0, 0.05) is 0 Å². The van der Waals surface area contributed by atoms with E-state index in [9.17, 15) is 4.79 Å². The second-order valence-electron chi connectivity index (χ2n) is 2.42. The highest BCUT2D eigenvalue weighted by Crippen LogP contribution is 2.51. The third-order valence-corrected chi connectivity index (χ3v) is 3.09. The Morgan fingerprint density at radius 1 is 1.75 bits per heavy atom. The maximum absolute atomic E-state index is 10.5. The molecular formula is C5H11NO5S. The minimum atomic E-state index is -3.51. The number of hydrogen-bond acceptors (Lipinski definition) is 4. The molecule has 7 heteroatoms. The van der Waals surface area contributed by atoms with Crippen molar-refractivity contribution in [3.63, 3.8) is 0 Å². The summed E-state index contributed by atoms with van der Waals surface area (Å²) in [5.74, 6) is 0. The quantitative estimate of drug-likeness (QED) is 0.590. The zero-order valence-corrected chi connectivity index (χ0v) is 7.32. The van der Waals surface area contributed by atoms with E-state index in [1.165, 1.54) is 0 Å². The van der Waals surface area contributed by atoms with Gasteiger partial charge in [0.25, 0.3) is 0 Å². The molecule has 1 fully saturated rings. The average Bonchev–Trinajstić information content (AvgIpc) is 2.24. The Kier molecular flexibility index (Phi) is 2.47. The van der Waals surface area contributed by atoms with E-state index in [1.54, 1.807) is 6.92 Å². The standard InChI is InChI=1S/C5H11NO5S/c1-2-4-3-11-12(9,10)6(4)5(7)8/h4,9-10H,2-3H2,1H3,(H,7,8). The molecule has 1 rings (SSSR count). The molecule has 0 spiro atoms. The van der Waals surface area contributed by atoms with Gasteiger partial charge in [0.2, 0.25) is 0 Å². The fraction of sp³-hybridized carbons (Fsp3) is 0.800. The van der Waals surface area contributed by atoms with Gasteiger partial charge in [0.15, 0.2) is 11.1 Å². The zero-order valence-electron chi connectivity index (χ0n) is 6.51. The summed E-state index contributed by atoms with van der Waals surface area (Å²) < 4.78 is 23.3. The van der Waals surface area contributed by atoms with E-state index in [1.807, 2.05) is 0 Å². The molecule has 0 aromatic carbocycles. The summed E-state index contributed by atoms with van der Waals surface area (Å²) in [5.41, 5.74) is 0. The first-order valence-electron chi connectivity index (χ1n) is 3.44. The summed E-state index contributed by atoms with van der Waals surface area (Å²) in [6, 6.07) is -0.451.